The Morgan fingerprint density at radius 1 is 1.19 bits per heavy atom. The van der Waals surface area contributed by atoms with Crippen molar-refractivity contribution in [3.63, 3.8) is 0 Å². The minimum absolute atomic E-state index is 0.0550. The second kappa shape index (κ2) is 8.80. The van der Waals surface area contributed by atoms with Crippen molar-refractivity contribution in [3.8, 4) is 0 Å². The number of esters is 1. The third kappa shape index (κ3) is 4.92. The van der Waals surface area contributed by atoms with Crippen LogP contribution in [0, 0.1) is 13.8 Å². The summed E-state index contributed by atoms with van der Waals surface area (Å²) < 4.78 is 10.4. The van der Waals surface area contributed by atoms with Gasteiger partial charge in [-0.3, -0.25) is 14.9 Å². The van der Waals surface area contributed by atoms with Crippen molar-refractivity contribution in [2.75, 3.05) is 7.05 Å². The summed E-state index contributed by atoms with van der Waals surface area (Å²) in [5.41, 5.74) is 2.03. The van der Waals surface area contributed by atoms with E-state index < -0.39 is 24.0 Å². The van der Waals surface area contributed by atoms with E-state index in [0.29, 0.717) is 23.4 Å². The van der Waals surface area contributed by atoms with Crippen molar-refractivity contribution < 1.29 is 23.6 Å². The van der Waals surface area contributed by atoms with Crippen molar-refractivity contribution >= 4 is 17.9 Å². The molecule has 2 aromatic rings. The van der Waals surface area contributed by atoms with E-state index in [-0.39, 0.29) is 6.42 Å². The van der Waals surface area contributed by atoms with Crippen LogP contribution in [0.3, 0.4) is 0 Å². The maximum absolute atomic E-state index is 12.3. The zero-order valence-corrected chi connectivity index (χ0v) is 14.9. The second-order valence-corrected chi connectivity index (χ2v) is 5.65. The summed E-state index contributed by atoms with van der Waals surface area (Å²) in [5, 5.41) is 8.25. The van der Waals surface area contributed by atoms with Crippen LogP contribution < -0.4 is 10.6 Å². The number of nitrogens with one attached hydrogen (secondary N) is 2. The molecule has 0 aliphatic heterocycles. The van der Waals surface area contributed by atoms with Crippen LogP contribution in [-0.4, -0.2) is 30.1 Å². The first-order valence-electron chi connectivity index (χ1n) is 8.11. The average molecular weight is 359 g/mol. The van der Waals surface area contributed by atoms with Gasteiger partial charge in [0.1, 0.15) is 5.76 Å². The Morgan fingerprint density at radius 3 is 2.46 bits per heavy atom. The van der Waals surface area contributed by atoms with E-state index in [4.69, 9.17) is 9.26 Å². The summed E-state index contributed by atoms with van der Waals surface area (Å²) in [5.74, 6) is -0.639. The molecule has 0 aliphatic carbocycles. The van der Waals surface area contributed by atoms with E-state index in [2.05, 4.69) is 15.8 Å². The molecule has 8 heteroatoms. The summed E-state index contributed by atoms with van der Waals surface area (Å²) in [6, 6.07) is 7.82. The van der Waals surface area contributed by atoms with Crippen LogP contribution in [0.25, 0.3) is 0 Å². The van der Waals surface area contributed by atoms with Gasteiger partial charge in [0, 0.05) is 24.6 Å². The number of carbonyl (C=O) groups is 3. The molecule has 1 aromatic carbocycles. The van der Waals surface area contributed by atoms with Gasteiger partial charge in [-0.25, -0.2) is 4.79 Å². The molecule has 0 saturated heterocycles. The lowest BCUT2D eigenvalue weighted by molar-refractivity contribution is -0.156. The summed E-state index contributed by atoms with van der Waals surface area (Å²) >= 11 is 0. The number of hydrogen-bond acceptors (Lipinski definition) is 6. The van der Waals surface area contributed by atoms with E-state index in [1.807, 2.05) is 0 Å². The number of carbonyl (C=O) groups excluding carboxylic acids is 3. The Labute approximate surface area is 150 Å². The smallest absolute Gasteiger partial charge is 0.321 e. The highest BCUT2D eigenvalue weighted by Crippen LogP contribution is 2.20. The number of urea groups is 1. The van der Waals surface area contributed by atoms with Gasteiger partial charge in [-0.05, 0) is 20.3 Å². The van der Waals surface area contributed by atoms with Gasteiger partial charge in [0.2, 0.25) is 6.10 Å². The average Bonchev–Trinajstić information content (AvgIpc) is 2.96. The van der Waals surface area contributed by atoms with Crippen LogP contribution >= 0.6 is 0 Å². The number of imide groups is 1. The predicted octanol–water partition coefficient (Wildman–Crippen LogP) is 1.96. The van der Waals surface area contributed by atoms with Gasteiger partial charge in [0.15, 0.2) is 0 Å². The van der Waals surface area contributed by atoms with E-state index in [1.54, 1.807) is 44.2 Å². The lowest BCUT2D eigenvalue weighted by atomic mass is 10.1. The molecule has 0 aliphatic rings. The Morgan fingerprint density at radius 2 is 1.88 bits per heavy atom. The standard InChI is InChI=1S/C18H21N3O5/c1-11-14(12(2)26-21-11)9-10-15(22)25-16(13-7-5-4-6-8-13)17(23)20-18(24)19-3/h4-8,16H,9-10H2,1-3H3,(H2,19,20,23,24)/t16-/m1/s1. The molecule has 1 aromatic heterocycles. The van der Waals surface area contributed by atoms with Crippen LogP contribution in [0.5, 0.6) is 0 Å². The molecule has 1 atom stereocenters. The molecule has 8 nitrogen and oxygen atoms in total. The lowest BCUT2D eigenvalue weighted by Crippen LogP contribution is -2.41. The zero-order valence-electron chi connectivity index (χ0n) is 14.9. The van der Waals surface area contributed by atoms with Crippen molar-refractivity contribution in [3.05, 3.63) is 52.9 Å². The highest BCUT2D eigenvalue weighted by molar-refractivity contribution is 5.97. The van der Waals surface area contributed by atoms with E-state index >= 15 is 0 Å². The summed E-state index contributed by atoms with van der Waals surface area (Å²) in [7, 11) is 1.38. The van der Waals surface area contributed by atoms with Crippen molar-refractivity contribution in [2.24, 2.45) is 0 Å². The van der Waals surface area contributed by atoms with Gasteiger partial charge in [0.25, 0.3) is 5.91 Å². The number of nitrogens with zero attached hydrogens (tertiary/aromatic N) is 1. The van der Waals surface area contributed by atoms with Crippen LogP contribution in [0.4, 0.5) is 4.79 Å². The number of amides is 3. The number of rotatable bonds is 6. The molecule has 0 radical (unpaired) electrons. The molecule has 26 heavy (non-hydrogen) atoms. The summed E-state index contributed by atoms with van der Waals surface area (Å²) in [6.07, 6.45) is -0.774. The van der Waals surface area contributed by atoms with E-state index in [9.17, 15) is 14.4 Å². The molecular formula is C18H21N3O5. The largest absolute Gasteiger partial charge is 0.447 e. The molecule has 138 valence electrons. The van der Waals surface area contributed by atoms with Gasteiger partial charge >= 0.3 is 12.0 Å². The highest BCUT2D eigenvalue weighted by atomic mass is 16.5. The molecule has 1 heterocycles. The first-order chi connectivity index (χ1) is 12.4. The lowest BCUT2D eigenvalue weighted by Gasteiger charge is -2.17. The second-order valence-electron chi connectivity index (χ2n) is 5.65. The van der Waals surface area contributed by atoms with Crippen molar-refractivity contribution in [1.82, 2.24) is 15.8 Å². The van der Waals surface area contributed by atoms with Gasteiger partial charge in [-0.2, -0.15) is 0 Å². The summed E-state index contributed by atoms with van der Waals surface area (Å²) in [4.78, 5) is 36.0. The number of aryl methyl sites for hydroxylation is 2. The Kier molecular flexibility index (Phi) is 6.48. The minimum Gasteiger partial charge on any atom is -0.447 e. The number of benzene rings is 1. The Balaban J connectivity index is 2.07. The Hall–Kier alpha value is -3.16. The van der Waals surface area contributed by atoms with Crippen molar-refractivity contribution in [2.45, 2.75) is 32.8 Å². The molecule has 0 spiro atoms. The Bertz CT molecular complexity index is 766. The van der Waals surface area contributed by atoms with Crippen LogP contribution in [-0.2, 0) is 20.7 Å². The fraction of sp³-hybridized carbons (Fsp3) is 0.333. The first-order valence-corrected chi connectivity index (χ1v) is 8.11. The summed E-state index contributed by atoms with van der Waals surface area (Å²) in [6.45, 7) is 3.56. The fourth-order valence-electron chi connectivity index (χ4n) is 2.42. The topological polar surface area (TPSA) is 111 Å². The van der Waals surface area contributed by atoms with Crippen LogP contribution in [0.1, 0.15) is 35.1 Å². The zero-order chi connectivity index (χ0) is 19.1. The fourth-order valence-corrected chi connectivity index (χ4v) is 2.42. The van der Waals surface area contributed by atoms with Gasteiger partial charge in [-0.15, -0.1) is 0 Å². The molecule has 0 bridgehead atoms. The third-order valence-corrected chi connectivity index (χ3v) is 3.81. The minimum atomic E-state index is -1.22. The molecular weight excluding hydrogens is 338 g/mol. The van der Waals surface area contributed by atoms with E-state index in [0.717, 1.165) is 5.56 Å². The van der Waals surface area contributed by atoms with Gasteiger partial charge in [0.05, 0.1) is 5.69 Å². The normalized spacial score (nSPS) is 11.5. The van der Waals surface area contributed by atoms with Crippen LogP contribution in [0.15, 0.2) is 34.9 Å². The molecule has 0 saturated carbocycles. The quantitative estimate of drug-likeness (QED) is 0.763. The number of aromatic nitrogens is 1. The van der Waals surface area contributed by atoms with Crippen LogP contribution in [0.2, 0.25) is 0 Å². The third-order valence-electron chi connectivity index (χ3n) is 3.81. The maximum Gasteiger partial charge on any atom is 0.321 e. The maximum atomic E-state index is 12.3. The molecule has 3 amide bonds. The SMILES string of the molecule is CNC(=O)NC(=O)[C@H](OC(=O)CCc1c(C)noc1C)c1ccccc1. The highest BCUT2D eigenvalue weighted by Gasteiger charge is 2.26. The predicted molar refractivity (Wildman–Crippen MR) is 92.2 cm³/mol. The first kappa shape index (κ1) is 19.2. The number of hydrogen-bond donors (Lipinski definition) is 2. The molecule has 2 rings (SSSR count). The van der Waals surface area contributed by atoms with Gasteiger partial charge in [-0.1, -0.05) is 35.5 Å². The van der Waals surface area contributed by atoms with Gasteiger partial charge < -0.3 is 14.6 Å². The number of ether oxygens (including phenoxy) is 1. The van der Waals surface area contributed by atoms with Crippen molar-refractivity contribution in [1.29, 1.82) is 0 Å². The molecule has 2 N–H and O–H groups in total. The monoisotopic (exact) mass is 359 g/mol. The van der Waals surface area contributed by atoms with E-state index in [1.165, 1.54) is 7.05 Å². The molecule has 0 unspecified atom stereocenters. The molecule has 0 fully saturated rings.